The fourth-order valence-electron chi connectivity index (χ4n) is 3.38. The van der Waals surface area contributed by atoms with Gasteiger partial charge in [-0.05, 0) is 61.6 Å². The second kappa shape index (κ2) is 8.41. The first kappa shape index (κ1) is 16.3. The maximum absolute atomic E-state index is 14.0. The van der Waals surface area contributed by atoms with Crippen LogP contribution in [0, 0.1) is 11.7 Å². The Morgan fingerprint density at radius 2 is 1.86 bits per heavy atom. The molecule has 1 saturated carbocycles. The minimum Gasteiger partial charge on any atom is -0.491 e. The van der Waals surface area contributed by atoms with Crippen LogP contribution in [-0.4, -0.2) is 6.61 Å². The molecular formula is C19H29FO. The summed E-state index contributed by atoms with van der Waals surface area (Å²) in [6.45, 7) is 4.87. The van der Waals surface area contributed by atoms with E-state index in [2.05, 4.69) is 13.0 Å². The van der Waals surface area contributed by atoms with Gasteiger partial charge in [0.15, 0.2) is 11.6 Å². The molecule has 0 radical (unpaired) electrons. The monoisotopic (exact) mass is 292 g/mol. The Labute approximate surface area is 128 Å². The normalized spacial score (nSPS) is 22.2. The maximum Gasteiger partial charge on any atom is 0.165 e. The molecule has 1 aromatic carbocycles. The summed E-state index contributed by atoms with van der Waals surface area (Å²) in [5.74, 6) is 1.64. The molecule has 21 heavy (non-hydrogen) atoms. The summed E-state index contributed by atoms with van der Waals surface area (Å²) in [6.07, 6.45) is 9.97. The lowest BCUT2D eigenvalue weighted by Crippen LogP contribution is -2.13. The molecule has 0 aromatic heterocycles. The summed E-state index contributed by atoms with van der Waals surface area (Å²) < 4.78 is 19.5. The average Bonchev–Trinajstić information content (AvgIpc) is 2.52. The van der Waals surface area contributed by atoms with Crippen molar-refractivity contribution in [3.8, 4) is 5.75 Å². The van der Waals surface area contributed by atoms with Crippen LogP contribution >= 0.6 is 0 Å². The SMILES string of the molecule is CCCCC1CCC(c2ccc(OCCC)c(F)c2)CC1. The highest BCUT2D eigenvalue weighted by Crippen LogP contribution is 2.38. The predicted molar refractivity (Wildman–Crippen MR) is 86.4 cm³/mol. The zero-order valence-electron chi connectivity index (χ0n) is 13.5. The molecule has 0 atom stereocenters. The number of rotatable bonds is 7. The summed E-state index contributed by atoms with van der Waals surface area (Å²) in [5.41, 5.74) is 1.16. The van der Waals surface area contributed by atoms with E-state index in [1.165, 1.54) is 44.9 Å². The molecule has 0 saturated heterocycles. The van der Waals surface area contributed by atoms with Crippen molar-refractivity contribution in [2.45, 2.75) is 71.1 Å². The van der Waals surface area contributed by atoms with Crippen LogP contribution in [-0.2, 0) is 0 Å². The van der Waals surface area contributed by atoms with Crippen LogP contribution < -0.4 is 4.74 Å². The Kier molecular flexibility index (Phi) is 6.53. The lowest BCUT2D eigenvalue weighted by atomic mass is 9.77. The molecule has 0 bridgehead atoms. The first-order valence-electron chi connectivity index (χ1n) is 8.66. The van der Waals surface area contributed by atoms with E-state index in [1.54, 1.807) is 6.07 Å². The molecule has 118 valence electrons. The molecule has 0 heterocycles. The fourth-order valence-corrected chi connectivity index (χ4v) is 3.38. The lowest BCUT2D eigenvalue weighted by Gasteiger charge is -2.29. The molecule has 1 aromatic rings. The van der Waals surface area contributed by atoms with Crippen LogP contribution in [0.4, 0.5) is 4.39 Å². The van der Waals surface area contributed by atoms with Crippen molar-refractivity contribution in [2.24, 2.45) is 5.92 Å². The van der Waals surface area contributed by atoms with Crippen molar-refractivity contribution in [1.29, 1.82) is 0 Å². The molecule has 2 rings (SSSR count). The van der Waals surface area contributed by atoms with Crippen LogP contribution in [0.15, 0.2) is 18.2 Å². The van der Waals surface area contributed by atoms with Crippen LogP contribution in [0.5, 0.6) is 5.75 Å². The third-order valence-corrected chi connectivity index (χ3v) is 4.70. The van der Waals surface area contributed by atoms with Crippen molar-refractivity contribution < 1.29 is 9.13 Å². The molecule has 0 N–H and O–H groups in total. The van der Waals surface area contributed by atoms with Crippen molar-refractivity contribution >= 4 is 0 Å². The molecule has 0 amide bonds. The number of benzene rings is 1. The highest BCUT2D eigenvalue weighted by atomic mass is 19.1. The molecule has 2 heteroatoms. The van der Waals surface area contributed by atoms with E-state index in [1.807, 2.05) is 13.0 Å². The largest absolute Gasteiger partial charge is 0.491 e. The van der Waals surface area contributed by atoms with Crippen molar-refractivity contribution in [1.82, 2.24) is 0 Å². The summed E-state index contributed by atoms with van der Waals surface area (Å²) in [7, 11) is 0. The van der Waals surface area contributed by atoms with E-state index in [4.69, 9.17) is 4.74 Å². The zero-order chi connectivity index (χ0) is 15.1. The van der Waals surface area contributed by atoms with Crippen LogP contribution in [0.1, 0.15) is 76.7 Å². The van der Waals surface area contributed by atoms with Crippen LogP contribution in [0.25, 0.3) is 0 Å². The Bertz CT molecular complexity index is 422. The molecule has 1 fully saturated rings. The quantitative estimate of drug-likeness (QED) is 0.592. The highest BCUT2D eigenvalue weighted by Gasteiger charge is 2.22. The number of unbranched alkanes of at least 4 members (excludes halogenated alkanes) is 1. The zero-order valence-corrected chi connectivity index (χ0v) is 13.5. The van der Waals surface area contributed by atoms with Gasteiger partial charge in [-0.2, -0.15) is 0 Å². The van der Waals surface area contributed by atoms with E-state index in [0.29, 0.717) is 18.3 Å². The third kappa shape index (κ3) is 4.72. The van der Waals surface area contributed by atoms with E-state index < -0.39 is 0 Å². The Morgan fingerprint density at radius 3 is 2.48 bits per heavy atom. The minimum atomic E-state index is -0.200. The van der Waals surface area contributed by atoms with Gasteiger partial charge in [-0.15, -0.1) is 0 Å². The molecule has 1 nitrogen and oxygen atoms in total. The van der Waals surface area contributed by atoms with Crippen molar-refractivity contribution in [3.05, 3.63) is 29.6 Å². The van der Waals surface area contributed by atoms with Gasteiger partial charge < -0.3 is 4.74 Å². The molecule has 1 aliphatic rings. The van der Waals surface area contributed by atoms with Crippen molar-refractivity contribution in [2.75, 3.05) is 6.61 Å². The third-order valence-electron chi connectivity index (χ3n) is 4.70. The second-order valence-electron chi connectivity index (χ2n) is 6.40. The molecular weight excluding hydrogens is 263 g/mol. The average molecular weight is 292 g/mol. The predicted octanol–water partition coefficient (Wildman–Crippen LogP) is 6.08. The van der Waals surface area contributed by atoms with Gasteiger partial charge >= 0.3 is 0 Å². The summed E-state index contributed by atoms with van der Waals surface area (Å²) >= 11 is 0. The minimum absolute atomic E-state index is 0.200. The Balaban J connectivity index is 1.89. The summed E-state index contributed by atoms with van der Waals surface area (Å²) in [4.78, 5) is 0. The van der Waals surface area contributed by atoms with E-state index in [-0.39, 0.29) is 5.82 Å². The molecule has 0 aliphatic heterocycles. The van der Waals surface area contributed by atoms with Crippen molar-refractivity contribution in [3.63, 3.8) is 0 Å². The molecule has 0 unspecified atom stereocenters. The Morgan fingerprint density at radius 1 is 1.10 bits per heavy atom. The first-order chi connectivity index (χ1) is 10.2. The molecule has 1 aliphatic carbocycles. The number of ether oxygens (including phenoxy) is 1. The van der Waals surface area contributed by atoms with Gasteiger partial charge in [0.1, 0.15) is 0 Å². The smallest absolute Gasteiger partial charge is 0.165 e. The Hall–Kier alpha value is -1.05. The van der Waals surface area contributed by atoms with Gasteiger partial charge in [0, 0.05) is 0 Å². The highest BCUT2D eigenvalue weighted by molar-refractivity contribution is 5.31. The van der Waals surface area contributed by atoms with Gasteiger partial charge in [-0.1, -0.05) is 39.2 Å². The number of hydrogen-bond acceptors (Lipinski definition) is 1. The maximum atomic E-state index is 14.0. The number of halogens is 1. The van der Waals surface area contributed by atoms with E-state index in [0.717, 1.165) is 17.9 Å². The summed E-state index contributed by atoms with van der Waals surface area (Å²) in [6, 6.07) is 5.57. The first-order valence-corrected chi connectivity index (χ1v) is 8.66. The lowest BCUT2D eigenvalue weighted by molar-refractivity contribution is 0.296. The van der Waals surface area contributed by atoms with Crippen LogP contribution in [0.3, 0.4) is 0 Å². The fraction of sp³-hybridized carbons (Fsp3) is 0.684. The van der Waals surface area contributed by atoms with Gasteiger partial charge in [-0.3, -0.25) is 0 Å². The second-order valence-corrected chi connectivity index (χ2v) is 6.40. The van der Waals surface area contributed by atoms with Gasteiger partial charge in [0.2, 0.25) is 0 Å². The summed E-state index contributed by atoms with van der Waals surface area (Å²) in [5, 5.41) is 0. The van der Waals surface area contributed by atoms with Gasteiger partial charge in [0.25, 0.3) is 0 Å². The van der Waals surface area contributed by atoms with E-state index >= 15 is 0 Å². The van der Waals surface area contributed by atoms with Gasteiger partial charge in [0.05, 0.1) is 6.61 Å². The topological polar surface area (TPSA) is 9.23 Å². The molecule has 0 spiro atoms. The number of hydrogen-bond donors (Lipinski definition) is 0. The van der Waals surface area contributed by atoms with E-state index in [9.17, 15) is 4.39 Å². The van der Waals surface area contributed by atoms with Gasteiger partial charge in [-0.25, -0.2) is 4.39 Å². The standard InChI is InChI=1S/C19H29FO/c1-3-5-6-15-7-9-16(10-8-15)17-11-12-19(18(20)14-17)21-13-4-2/h11-12,14-16H,3-10,13H2,1-2H3. The van der Waals surface area contributed by atoms with Crippen LogP contribution in [0.2, 0.25) is 0 Å².